The van der Waals surface area contributed by atoms with Gasteiger partial charge in [-0.15, -0.1) is 0 Å². The molecule has 106 valence electrons. The number of benzene rings is 1. The van der Waals surface area contributed by atoms with Crippen LogP contribution in [-0.4, -0.2) is 11.1 Å². The lowest BCUT2D eigenvalue weighted by Crippen LogP contribution is -2.28. The molecular weight excluding hydrogens is 248 g/mol. The third-order valence-corrected chi connectivity index (χ3v) is 4.61. The zero-order valence-electron chi connectivity index (χ0n) is 12.2. The van der Waals surface area contributed by atoms with E-state index in [1.165, 1.54) is 6.42 Å². The van der Waals surface area contributed by atoms with Crippen LogP contribution in [0.15, 0.2) is 30.5 Å². The Morgan fingerprint density at radius 3 is 2.80 bits per heavy atom. The molecule has 0 amide bonds. The van der Waals surface area contributed by atoms with E-state index >= 15 is 0 Å². The summed E-state index contributed by atoms with van der Waals surface area (Å²) < 4.78 is 6.22. The van der Waals surface area contributed by atoms with Crippen LogP contribution < -0.4 is 10.5 Å². The van der Waals surface area contributed by atoms with Crippen LogP contribution in [0, 0.1) is 11.8 Å². The Morgan fingerprint density at radius 2 is 2.00 bits per heavy atom. The summed E-state index contributed by atoms with van der Waals surface area (Å²) in [7, 11) is 0. The van der Waals surface area contributed by atoms with Gasteiger partial charge in [0.25, 0.3) is 0 Å². The molecule has 0 saturated heterocycles. The number of fused-ring (bicyclic) bond motifs is 1. The molecule has 1 fully saturated rings. The topological polar surface area (TPSA) is 48.1 Å². The zero-order chi connectivity index (χ0) is 14.1. The number of nitrogens with zero attached hydrogens (tertiary/aromatic N) is 1. The van der Waals surface area contributed by atoms with E-state index in [1.807, 2.05) is 24.3 Å². The molecule has 3 nitrogen and oxygen atoms in total. The summed E-state index contributed by atoms with van der Waals surface area (Å²) in [4.78, 5) is 4.44. The van der Waals surface area contributed by atoms with Crippen LogP contribution in [0.5, 0.6) is 5.75 Å². The number of nitrogens with two attached hydrogens (primary N) is 1. The third-order valence-electron chi connectivity index (χ3n) is 4.61. The van der Waals surface area contributed by atoms with Gasteiger partial charge in [0.1, 0.15) is 11.3 Å². The summed E-state index contributed by atoms with van der Waals surface area (Å²) in [5, 5.41) is 0.974. The number of aromatic nitrogens is 1. The van der Waals surface area contributed by atoms with Crippen LogP contribution in [-0.2, 0) is 0 Å². The van der Waals surface area contributed by atoms with E-state index in [2.05, 4.69) is 18.8 Å². The van der Waals surface area contributed by atoms with Crippen LogP contribution in [0.25, 0.3) is 10.9 Å². The lowest BCUT2D eigenvalue weighted by atomic mass is 9.80. The SMILES string of the molecule is CC1CCC(Oc2ccc(N)c3cccnc23)CC1C. The highest BCUT2D eigenvalue weighted by atomic mass is 16.5. The molecule has 0 aliphatic heterocycles. The van der Waals surface area contributed by atoms with Gasteiger partial charge in [0.2, 0.25) is 0 Å². The minimum Gasteiger partial charge on any atom is -0.488 e. The van der Waals surface area contributed by atoms with Crippen molar-refractivity contribution in [3.63, 3.8) is 0 Å². The van der Waals surface area contributed by atoms with Crippen LogP contribution in [0.1, 0.15) is 33.1 Å². The predicted molar refractivity (Wildman–Crippen MR) is 82.8 cm³/mol. The summed E-state index contributed by atoms with van der Waals surface area (Å²) in [6.45, 7) is 4.65. The maximum absolute atomic E-state index is 6.22. The maximum atomic E-state index is 6.22. The second-order valence-electron chi connectivity index (χ2n) is 6.06. The molecule has 3 atom stereocenters. The normalized spacial score (nSPS) is 26.6. The molecule has 1 aromatic heterocycles. The minimum absolute atomic E-state index is 0.301. The molecule has 0 radical (unpaired) electrons. The number of ether oxygens (including phenoxy) is 1. The van der Waals surface area contributed by atoms with Gasteiger partial charge in [-0.2, -0.15) is 0 Å². The fraction of sp³-hybridized carbons (Fsp3) is 0.471. The average molecular weight is 270 g/mol. The average Bonchev–Trinajstić information content (AvgIpc) is 2.46. The molecule has 20 heavy (non-hydrogen) atoms. The molecule has 0 bridgehead atoms. The highest BCUT2D eigenvalue weighted by molar-refractivity contribution is 5.94. The van der Waals surface area contributed by atoms with E-state index in [-0.39, 0.29) is 0 Å². The van der Waals surface area contributed by atoms with Crippen molar-refractivity contribution in [1.82, 2.24) is 4.98 Å². The van der Waals surface area contributed by atoms with Crippen LogP contribution >= 0.6 is 0 Å². The van der Waals surface area contributed by atoms with E-state index in [4.69, 9.17) is 10.5 Å². The largest absolute Gasteiger partial charge is 0.488 e. The third kappa shape index (κ3) is 2.45. The Kier molecular flexibility index (Phi) is 3.51. The molecule has 2 aromatic rings. The first-order chi connectivity index (χ1) is 9.65. The van der Waals surface area contributed by atoms with E-state index in [1.54, 1.807) is 6.20 Å². The molecule has 1 aliphatic carbocycles. The van der Waals surface area contributed by atoms with Gasteiger partial charge in [0.15, 0.2) is 0 Å². The number of rotatable bonds is 2. The van der Waals surface area contributed by atoms with E-state index in [0.29, 0.717) is 6.10 Å². The predicted octanol–water partition coefficient (Wildman–Crippen LogP) is 4.02. The molecule has 3 heteroatoms. The molecule has 3 rings (SSSR count). The fourth-order valence-electron chi connectivity index (χ4n) is 3.05. The van der Waals surface area contributed by atoms with Crippen molar-refractivity contribution >= 4 is 16.6 Å². The monoisotopic (exact) mass is 270 g/mol. The number of pyridine rings is 1. The molecule has 1 aromatic carbocycles. The van der Waals surface area contributed by atoms with Gasteiger partial charge in [0.05, 0.1) is 6.10 Å². The van der Waals surface area contributed by atoms with Gasteiger partial charge in [0, 0.05) is 17.3 Å². The number of hydrogen-bond donors (Lipinski definition) is 1. The highest BCUT2D eigenvalue weighted by Gasteiger charge is 2.26. The number of anilines is 1. The van der Waals surface area contributed by atoms with E-state index in [9.17, 15) is 0 Å². The summed E-state index contributed by atoms with van der Waals surface area (Å²) in [6, 6.07) is 7.77. The zero-order valence-corrected chi connectivity index (χ0v) is 12.2. The van der Waals surface area contributed by atoms with Crippen molar-refractivity contribution < 1.29 is 4.74 Å². The second-order valence-corrected chi connectivity index (χ2v) is 6.06. The van der Waals surface area contributed by atoms with E-state index in [0.717, 1.165) is 47.0 Å². The van der Waals surface area contributed by atoms with Crippen molar-refractivity contribution in [2.45, 2.75) is 39.2 Å². The van der Waals surface area contributed by atoms with Crippen molar-refractivity contribution in [3.05, 3.63) is 30.5 Å². The first kappa shape index (κ1) is 13.2. The number of nitrogen functional groups attached to an aromatic ring is 1. The summed E-state index contributed by atoms with van der Waals surface area (Å²) in [5.74, 6) is 2.39. The number of hydrogen-bond acceptors (Lipinski definition) is 3. The van der Waals surface area contributed by atoms with Gasteiger partial charge >= 0.3 is 0 Å². The van der Waals surface area contributed by atoms with Crippen LogP contribution in [0.2, 0.25) is 0 Å². The molecule has 2 N–H and O–H groups in total. The first-order valence-corrected chi connectivity index (χ1v) is 7.45. The van der Waals surface area contributed by atoms with Gasteiger partial charge in [-0.25, -0.2) is 0 Å². The van der Waals surface area contributed by atoms with Crippen LogP contribution in [0.4, 0.5) is 5.69 Å². The van der Waals surface area contributed by atoms with Gasteiger partial charge in [-0.1, -0.05) is 13.8 Å². The Bertz CT molecular complexity index is 611. The second kappa shape index (κ2) is 5.31. The molecule has 1 heterocycles. The first-order valence-electron chi connectivity index (χ1n) is 7.45. The van der Waals surface area contributed by atoms with Crippen molar-refractivity contribution in [2.75, 3.05) is 5.73 Å². The molecule has 0 spiro atoms. The smallest absolute Gasteiger partial charge is 0.146 e. The maximum Gasteiger partial charge on any atom is 0.146 e. The standard InChI is InChI=1S/C17H22N2O/c1-11-5-6-13(10-12(11)2)20-16-8-7-15(18)14-4-3-9-19-17(14)16/h3-4,7-9,11-13H,5-6,10,18H2,1-2H3. The highest BCUT2D eigenvalue weighted by Crippen LogP contribution is 2.34. The lowest BCUT2D eigenvalue weighted by molar-refractivity contribution is 0.102. The van der Waals surface area contributed by atoms with E-state index < -0.39 is 0 Å². The summed E-state index contributed by atoms with van der Waals surface area (Å²) >= 11 is 0. The van der Waals surface area contributed by atoms with Crippen molar-refractivity contribution in [2.24, 2.45) is 11.8 Å². The molecule has 3 unspecified atom stereocenters. The quantitative estimate of drug-likeness (QED) is 0.838. The van der Waals surface area contributed by atoms with Gasteiger partial charge < -0.3 is 10.5 Å². The fourth-order valence-corrected chi connectivity index (χ4v) is 3.05. The van der Waals surface area contributed by atoms with Gasteiger partial charge in [-0.3, -0.25) is 4.98 Å². The Balaban J connectivity index is 1.86. The molecular formula is C17H22N2O. The molecule has 1 saturated carbocycles. The Hall–Kier alpha value is -1.77. The minimum atomic E-state index is 0.301. The molecule has 1 aliphatic rings. The summed E-state index contributed by atoms with van der Waals surface area (Å²) in [5.41, 5.74) is 7.63. The lowest BCUT2D eigenvalue weighted by Gasteiger charge is -2.32. The van der Waals surface area contributed by atoms with Gasteiger partial charge in [-0.05, 0) is 55.4 Å². The van der Waals surface area contributed by atoms with Crippen molar-refractivity contribution in [3.8, 4) is 5.75 Å². The Labute approximate surface area is 120 Å². The Morgan fingerprint density at radius 1 is 1.15 bits per heavy atom. The van der Waals surface area contributed by atoms with Crippen molar-refractivity contribution in [1.29, 1.82) is 0 Å². The summed E-state index contributed by atoms with van der Waals surface area (Å²) in [6.07, 6.45) is 5.59. The van der Waals surface area contributed by atoms with Crippen LogP contribution in [0.3, 0.4) is 0 Å².